The van der Waals surface area contributed by atoms with Crippen LogP contribution in [0.4, 0.5) is 5.69 Å². The van der Waals surface area contributed by atoms with Crippen molar-refractivity contribution >= 4 is 23.6 Å². The van der Waals surface area contributed by atoms with Gasteiger partial charge < -0.3 is 10.2 Å². The molecule has 0 radical (unpaired) electrons. The van der Waals surface area contributed by atoms with Crippen LogP contribution in [0.3, 0.4) is 0 Å². The molecule has 6 heteroatoms. The van der Waals surface area contributed by atoms with E-state index < -0.39 is 0 Å². The predicted molar refractivity (Wildman–Crippen MR) is 127 cm³/mol. The zero-order chi connectivity index (χ0) is 22.7. The Morgan fingerprint density at radius 1 is 0.969 bits per heavy atom. The molecule has 164 valence electrons. The molecule has 3 aromatic rings. The highest BCUT2D eigenvalue weighted by Gasteiger charge is 2.22. The van der Waals surface area contributed by atoms with Gasteiger partial charge in [0.15, 0.2) is 0 Å². The highest BCUT2D eigenvalue weighted by atomic mass is 16.2. The minimum absolute atomic E-state index is 0.0335. The second-order valence-corrected chi connectivity index (χ2v) is 8.13. The fourth-order valence-electron chi connectivity index (χ4n) is 4.14. The van der Waals surface area contributed by atoms with Gasteiger partial charge in [-0.2, -0.15) is 5.10 Å². The van der Waals surface area contributed by atoms with Gasteiger partial charge in [0.05, 0.1) is 11.4 Å². The summed E-state index contributed by atoms with van der Waals surface area (Å²) in [6.07, 6.45) is 5.40. The van der Waals surface area contributed by atoms with Crippen LogP contribution in [0.1, 0.15) is 45.7 Å². The molecule has 0 aliphatic carbocycles. The number of rotatable bonds is 5. The molecule has 0 bridgehead atoms. The van der Waals surface area contributed by atoms with Crippen LogP contribution in [0.15, 0.2) is 54.6 Å². The molecule has 4 rings (SSSR count). The van der Waals surface area contributed by atoms with Gasteiger partial charge in [0, 0.05) is 41.7 Å². The number of para-hydroxylation sites is 1. The quantitative estimate of drug-likeness (QED) is 0.600. The van der Waals surface area contributed by atoms with E-state index in [9.17, 15) is 9.59 Å². The van der Waals surface area contributed by atoms with E-state index in [1.807, 2.05) is 78.9 Å². The fraction of sp³-hybridized carbons (Fsp3) is 0.269. The van der Waals surface area contributed by atoms with Crippen molar-refractivity contribution in [3.05, 3.63) is 82.7 Å². The molecule has 1 aliphatic rings. The topological polar surface area (TPSA) is 67.2 Å². The van der Waals surface area contributed by atoms with Crippen LogP contribution < -0.4 is 5.32 Å². The third-order valence-electron chi connectivity index (χ3n) is 5.96. The molecule has 0 saturated carbocycles. The smallest absolute Gasteiger partial charge is 0.254 e. The summed E-state index contributed by atoms with van der Waals surface area (Å²) in [6, 6.07) is 15.4. The molecule has 0 spiro atoms. The number of carbonyl (C=O) groups is 2. The van der Waals surface area contributed by atoms with Gasteiger partial charge in [-0.1, -0.05) is 24.3 Å². The SMILES string of the molecule is Cc1nn(-c2ccccc2)c(C)c1/C=C/C(=O)Nc1cccc(C(=O)N2CCCC2)c1C. The summed E-state index contributed by atoms with van der Waals surface area (Å²) in [5.41, 5.74) is 5.79. The first-order valence-electron chi connectivity index (χ1n) is 11.0. The number of anilines is 1. The van der Waals surface area contributed by atoms with Crippen LogP contribution in [0.5, 0.6) is 0 Å². The van der Waals surface area contributed by atoms with Crippen molar-refractivity contribution in [2.24, 2.45) is 0 Å². The van der Waals surface area contributed by atoms with E-state index in [2.05, 4.69) is 10.4 Å². The second kappa shape index (κ2) is 9.22. The van der Waals surface area contributed by atoms with Gasteiger partial charge in [0.25, 0.3) is 5.91 Å². The normalized spacial score (nSPS) is 13.7. The maximum atomic E-state index is 12.8. The Morgan fingerprint density at radius 2 is 1.69 bits per heavy atom. The number of carbonyl (C=O) groups excluding carboxylic acids is 2. The highest BCUT2D eigenvalue weighted by Crippen LogP contribution is 2.23. The first kappa shape index (κ1) is 21.6. The Balaban J connectivity index is 1.51. The summed E-state index contributed by atoms with van der Waals surface area (Å²) in [5.74, 6) is -0.212. The Labute approximate surface area is 188 Å². The Kier molecular flexibility index (Phi) is 6.21. The van der Waals surface area contributed by atoms with Gasteiger partial charge in [-0.15, -0.1) is 0 Å². The van der Waals surface area contributed by atoms with Crippen LogP contribution in [-0.4, -0.2) is 39.6 Å². The summed E-state index contributed by atoms with van der Waals surface area (Å²) in [6.45, 7) is 7.39. The van der Waals surface area contributed by atoms with Gasteiger partial charge in [-0.05, 0) is 69.5 Å². The number of benzene rings is 2. The number of nitrogens with one attached hydrogen (secondary N) is 1. The van der Waals surface area contributed by atoms with Gasteiger partial charge in [-0.3, -0.25) is 9.59 Å². The van der Waals surface area contributed by atoms with Crippen LogP contribution in [0.25, 0.3) is 11.8 Å². The van der Waals surface area contributed by atoms with E-state index in [1.165, 1.54) is 6.08 Å². The molecule has 2 heterocycles. The van der Waals surface area contributed by atoms with Crippen molar-refractivity contribution in [1.29, 1.82) is 0 Å². The number of amides is 2. The van der Waals surface area contributed by atoms with Crippen molar-refractivity contribution in [3.63, 3.8) is 0 Å². The molecule has 1 aromatic heterocycles. The van der Waals surface area contributed by atoms with Gasteiger partial charge in [0.1, 0.15) is 0 Å². The van der Waals surface area contributed by atoms with E-state index in [4.69, 9.17) is 0 Å². The second-order valence-electron chi connectivity index (χ2n) is 8.13. The molecular formula is C26H28N4O2. The fourth-order valence-corrected chi connectivity index (χ4v) is 4.14. The van der Waals surface area contributed by atoms with Crippen molar-refractivity contribution in [1.82, 2.24) is 14.7 Å². The van der Waals surface area contributed by atoms with Crippen LogP contribution >= 0.6 is 0 Å². The van der Waals surface area contributed by atoms with E-state index in [0.717, 1.165) is 54.1 Å². The van der Waals surface area contributed by atoms with E-state index in [0.29, 0.717) is 11.3 Å². The zero-order valence-electron chi connectivity index (χ0n) is 18.8. The first-order valence-corrected chi connectivity index (χ1v) is 11.0. The lowest BCUT2D eigenvalue weighted by atomic mass is 10.1. The summed E-state index contributed by atoms with van der Waals surface area (Å²) >= 11 is 0. The van der Waals surface area contributed by atoms with Crippen LogP contribution in [0.2, 0.25) is 0 Å². The molecule has 0 unspecified atom stereocenters. The van der Waals surface area contributed by atoms with Gasteiger partial charge >= 0.3 is 0 Å². The average molecular weight is 429 g/mol. The van der Waals surface area contributed by atoms with E-state index in [1.54, 1.807) is 6.08 Å². The number of hydrogen-bond acceptors (Lipinski definition) is 3. The summed E-state index contributed by atoms with van der Waals surface area (Å²) in [4.78, 5) is 27.3. The number of hydrogen-bond donors (Lipinski definition) is 1. The molecule has 2 aromatic carbocycles. The Morgan fingerprint density at radius 3 is 2.41 bits per heavy atom. The number of aromatic nitrogens is 2. The van der Waals surface area contributed by atoms with Crippen molar-refractivity contribution in [2.75, 3.05) is 18.4 Å². The predicted octanol–water partition coefficient (Wildman–Crippen LogP) is 4.69. The maximum Gasteiger partial charge on any atom is 0.254 e. The van der Waals surface area contributed by atoms with Crippen LogP contribution in [0, 0.1) is 20.8 Å². The lowest BCUT2D eigenvalue weighted by Gasteiger charge is -2.18. The van der Waals surface area contributed by atoms with E-state index >= 15 is 0 Å². The van der Waals surface area contributed by atoms with Gasteiger partial charge in [-0.25, -0.2) is 4.68 Å². The number of aryl methyl sites for hydroxylation is 1. The summed E-state index contributed by atoms with van der Waals surface area (Å²) in [7, 11) is 0. The zero-order valence-corrected chi connectivity index (χ0v) is 18.8. The largest absolute Gasteiger partial charge is 0.339 e. The Bertz CT molecular complexity index is 1170. The molecule has 1 aliphatic heterocycles. The molecule has 6 nitrogen and oxygen atoms in total. The van der Waals surface area contributed by atoms with Crippen molar-refractivity contribution in [2.45, 2.75) is 33.6 Å². The van der Waals surface area contributed by atoms with Crippen molar-refractivity contribution < 1.29 is 9.59 Å². The van der Waals surface area contributed by atoms with Crippen molar-refractivity contribution in [3.8, 4) is 5.69 Å². The summed E-state index contributed by atoms with van der Waals surface area (Å²) in [5, 5.41) is 7.54. The third-order valence-corrected chi connectivity index (χ3v) is 5.96. The molecule has 2 amide bonds. The minimum atomic E-state index is -0.245. The Hall–Kier alpha value is -3.67. The minimum Gasteiger partial charge on any atom is -0.339 e. The highest BCUT2D eigenvalue weighted by molar-refractivity contribution is 6.04. The standard InChI is InChI=1S/C26H28N4O2/c1-18-22(26(32)29-16-7-8-17-29)12-9-13-24(18)27-25(31)15-14-23-19(2)28-30(20(23)3)21-10-5-4-6-11-21/h4-6,9-15H,7-8,16-17H2,1-3H3,(H,27,31)/b15-14+. The summed E-state index contributed by atoms with van der Waals surface area (Å²) < 4.78 is 1.88. The molecule has 0 atom stereocenters. The van der Waals surface area contributed by atoms with Crippen LogP contribution in [-0.2, 0) is 4.79 Å². The lowest BCUT2D eigenvalue weighted by molar-refractivity contribution is -0.111. The monoisotopic (exact) mass is 428 g/mol. The molecule has 1 N–H and O–H groups in total. The maximum absolute atomic E-state index is 12.8. The molecule has 32 heavy (non-hydrogen) atoms. The van der Waals surface area contributed by atoms with Gasteiger partial charge in [0.2, 0.25) is 5.91 Å². The lowest BCUT2D eigenvalue weighted by Crippen LogP contribution is -2.28. The molecular weight excluding hydrogens is 400 g/mol. The number of likely N-dealkylation sites (tertiary alicyclic amines) is 1. The first-order chi connectivity index (χ1) is 15.5. The third kappa shape index (κ3) is 4.35. The van der Waals surface area contributed by atoms with E-state index in [-0.39, 0.29) is 11.8 Å². The number of nitrogens with zero attached hydrogens (tertiary/aromatic N) is 3. The average Bonchev–Trinajstić information content (AvgIpc) is 3.43. The molecule has 1 fully saturated rings. The molecule has 1 saturated heterocycles.